The molecular weight excluding hydrogens is 430 g/mol. The fourth-order valence-electron chi connectivity index (χ4n) is 3.19. The molecular formula is C24H25NO6S. The second kappa shape index (κ2) is 9.91. The summed E-state index contributed by atoms with van der Waals surface area (Å²) in [6.07, 6.45) is -0.0983. The summed E-state index contributed by atoms with van der Waals surface area (Å²) in [4.78, 5) is 28.6. The first-order valence-electron chi connectivity index (χ1n) is 10.2. The third kappa shape index (κ3) is 6.13. The van der Waals surface area contributed by atoms with Crippen molar-refractivity contribution >= 4 is 21.6 Å². The molecule has 2 aromatic carbocycles. The molecule has 0 amide bonds. The van der Waals surface area contributed by atoms with Crippen molar-refractivity contribution in [3.8, 4) is 11.5 Å². The lowest BCUT2D eigenvalue weighted by molar-refractivity contribution is -0.116. The van der Waals surface area contributed by atoms with Gasteiger partial charge in [0.2, 0.25) is 5.89 Å². The maximum atomic E-state index is 12.6. The van der Waals surface area contributed by atoms with E-state index >= 15 is 0 Å². The van der Waals surface area contributed by atoms with Gasteiger partial charge in [0, 0.05) is 12.0 Å². The number of benzene rings is 2. The SMILES string of the molecule is CCOC(=O)c1cccc(CC(=O)CS(=O)(=O)Cc2nc(-c3ccc(C)cc3)oc2C)c1. The van der Waals surface area contributed by atoms with Gasteiger partial charge in [-0.05, 0) is 50.6 Å². The summed E-state index contributed by atoms with van der Waals surface area (Å²) in [6, 6.07) is 14.0. The van der Waals surface area contributed by atoms with E-state index < -0.39 is 27.3 Å². The first-order chi connectivity index (χ1) is 15.2. The fraction of sp³-hybridized carbons (Fsp3) is 0.292. The zero-order chi connectivity index (χ0) is 23.3. The Morgan fingerprint density at radius 1 is 1.06 bits per heavy atom. The van der Waals surface area contributed by atoms with Gasteiger partial charge in [0.1, 0.15) is 11.5 Å². The van der Waals surface area contributed by atoms with Gasteiger partial charge >= 0.3 is 5.97 Å². The molecule has 0 atom stereocenters. The Balaban J connectivity index is 1.67. The molecule has 0 aliphatic rings. The van der Waals surface area contributed by atoms with Crippen LogP contribution in [0.25, 0.3) is 11.5 Å². The average Bonchev–Trinajstić information content (AvgIpc) is 3.07. The van der Waals surface area contributed by atoms with Gasteiger partial charge in [-0.1, -0.05) is 29.8 Å². The molecule has 0 radical (unpaired) electrons. The molecule has 0 aliphatic carbocycles. The lowest BCUT2D eigenvalue weighted by Crippen LogP contribution is -2.20. The molecule has 0 aliphatic heterocycles. The topological polar surface area (TPSA) is 104 Å². The van der Waals surface area contributed by atoms with E-state index in [1.54, 1.807) is 32.0 Å². The van der Waals surface area contributed by atoms with Crippen molar-refractivity contribution in [3.05, 3.63) is 76.7 Å². The number of hydrogen-bond acceptors (Lipinski definition) is 7. The highest BCUT2D eigenvalue weighted by atomic mass is 32.2. The van der Waals surface area contributed by atoms with Crippen LogP contribution in [-0.4, -0.2) is 37.5 Å². The molecule has 3 rings (SSSR count). The molecule has 1 heterocycles. The van der Waals surface area contributed by atoms with Crippen LogP contribution in [0.1, 0.15) is 39.9 Å². The lowest BCUT2D eigenvalue weighted by atomic mass is 10.1. The molecule has 32 heavy (non-hydrogen) atoms. The Labute approximate surface area is 187 Å². The predicted octanol–water partition coefficient (Wildman–Crippen LogP) is 3.86. The zero-order valence-electron chi connectivity index (χ0n) is 18.3. The molecule has 0 N–H and O–H groups in total. The lowest BCUT2D eigenvalue weighted by Gasteiger charge is -2.06. The second-order valence-electron chi connectivity index (χ2n) is 7.56. The molecule has 0 fully saturated rings. The van der Waals surface area contributed by atoms with Crippen LogP contribution in [0, 0.1) is 13.8 Å². The number of sulfone groups is 1. The predicted molar refractivity (Wildman–Crippen MR) is 120 cm³/mol. The van der Waals surface area contributed by atoms with Gasteiger partial charge < -0.3 is 9.15 Å². The summed E-state index contributed by atoms with van der Waals surface area (Å²) in [5.74, 6) is -1.22. The zero-order valence-corrected chi connectivity index (χ0v) is 19.1. The molecule has 168 valence electrons. The summed E-state index contributed by atoms with van der Waals surface area (Å²) >= 11 is 0. The number of Topliss-reactive ketones (excluding diaryl/α,β-unsaturated/α-hetero) is 1. The summed E-state index contributed by atoms with van der Waals surface area (Å²) in [5, 5.41) is 0. The number of carbonyl (C=O) groups is 2. The smallest absolute Gasteiger partial charge is 0.338 e. The molecule has 0 spiro atoms. The van der Waals surface area contributed by atoms with Gasteiger partial charge in [-0.2, -0.15) is 0 Å². The highest BCUT2D eigenvalue weighted by molar-refractivity contribution is 7.91. The quantitative estimate of drug-likeness (QED) is 0.451. The third-order valence-corrected chi connectivity index (χ3v) is 6.24. The Morgan fingerprint density at radius 2 is 1.78 bits per heavy atom. The monoisotopic (exact) mass is 455 g/mol. The number of oxazole rings is 1. The van der Waals surface area contributed by atoms with E-state index in [9.17, 15) is 18.0 Å². The number of nitrogens with zero attached hydrogens (tertiary/aromatic N) is 1. The van der Waals surface area contributed by atoms with Crippen LogP contribution in [0.15, 0.2) is 52.9 Å². The van der Waals surface area contributed by atoms with Gasteiger partial charge in [0.25, 0.3) is 0 Å². The van der Waals surface area contributed by atoms with E-state index in [0.717, 1.165) is 11.1 Å². The number of ketones is 1. The molecule has 0 bridgehead atoms. The largest absolute Gasteiger partial charge is 0.462 e. The number of hydrogen-bond donors (Lipinski definition) is 0. The standard InChI is InChI=1S/C24H25NO6S/c1-4-30-24(27)20-7-5-6-18(12-20)13-21(26)14-32(28,29)15-22-17(3)31-23(25-22)19-10-8-16(2)9-11-19/h5-12H,4,13-15H2,1-3H3. The molecule has 7 nitrogen and oxygen atoms in total. The average molecular weight is 456 g/mol. The van der Waals surface area contributed by atoms with E-state index in [-0.39, 0.29) is 24.5 Å². The molecule has 0 unspecified atom stereocenters. The first-order valence-corrected chi connectivity index (χ1v) is 12.0. The first kappa shape index (κ1) is 23.4. The van der Waals surface area contributed by atoms with Crippen molar-refractivity contribution in [3.63, 3.8) is 0 Å². The highest BCUT2D eigenvalue weighted by Crippen LogP contribution is 2.23. The van der Waals surface area contributed by atoms with Crippen molar-refractivity contribution in [2.75, 3.05) is 12.4 Å². The van der Waals surface area contributed by atoms with Gasteiger partial charge in [-0.15, -0.1) is 0 Å². The van der Waals surface area contributed by atoms with Crippen molar-refractivity contribution in [1.29, 1.82) is 0 Å². The Bertz CT molecular complexity index is 1230. The molecule has 3 aromatic rings. The van der Waals surface area contributed by atoms with Crippen molar-refractivity contribution in [1.82, 2.24) is 4.98 Å². The normalized spacial score (nSPS) is 11.3. The van der Waals surface area contributed by atoms with Gasteiger partial charge in [-0.3, -0.25) is 4.79 Å². The molecule has 0 saturated heterocycles. The van der Waals surface area contributed by atoms with E-state index in [1.807, 2.05) is 31.2 Å². The van der Waals surface area contributed by atoms with Gasteiger partial charge in [-0.25, -0.2) is 18.2 Å². The van der Waals surface area contributed by atoms with E-state index in [0.29, 0.717) is 22.8 Å². The minimum Gasteiger partial charge on any atom is -0.462 e. The molecule has 8 heteroatoms. The Morgan fingerprint density at radius 3 is 2.47 bits per heavy atom. The van der Waals surface area contributed by atoms with E-state index in [1.165, 1.54) is 6.07 Å². The number of aromatic nitrogens is 1. The van der Waals surface area contributed by atoms with Crippen molar-refractivity contribution in [2.24, 2.45) is 0 Å². The van der Waals surface area contributed by atoms with E-state index in [2.05, 4.69) is 4.98 Å². The van der Waals surface area contributed by atoms with Crippen molar-refractivity contribution in [2.45, 2.75) is 32.9 Å². The van der Waals surface area contributed by atoms with Crippen LogP contribution in [0.2, 0.25) is 0 Å². The minimum atomic E-state index is -3.75. The summed E-state index contributed by atoms with van der Waals surface area (Å²) in [5.41, 5.74) is 3.00. The number of esters is 1. The summed E-state index contributed by atoms with van der Waals surface area (Å²) < 4.78 is 35.8. The Hall–Kier alpha value is -3.26. The van der Waals surface area contributed by atoms with Crippen LogP contribution >= 0.6 is 0 Å². The molecule has 0 saturated carbocycles. The van der Waals surface area contributed by atoms with Crippen molar-refractivity contribution < 1.29 is 27.2 Å². The van der Waals surface area contributed by atoms with Crippen LogP contribution < -0.4 is 0 Å². The van der Waals surface area contributed by atoms with Gasteiger partial charge in [0.15, 0.2) is 15.6 Å². The Kier molecular flexibility index (Phi) is 7.25. The maximum absolute atomic E-state index is 12.6. The minimum absolute atomic E-state index is 0.0983. The summed E-state index contributed by atoms with van der Waals surface area (Å²) in [6.45, 7) is 5.56. The number of rotatable bonds is 9. The number of carbonyl (C=O) groups excluding carboxylic acids is 2. The maximum Gasteiger partial charge on any atom is 0.338 e. The second-order valence-corrected chi connectivity index (χ2v) is 9.62. The van der Waals surface area contributed by atoms with Gasteiger partial charge in [0.05, 0.1) is 23.6 Å². The third-order valence-electron chi connectivity index (χ3n) is 4.77. The summed E-state index contributed by atoms with van der Waals surface area (Å²) in [7, 11) is -3.75. The highest BCUT2D eigenvalue weighted by Gasteiger charge is 2.22. The van der Waals surface area contributed by atoms with E-state index in [4.69, 9.17) is 9.15 Å². The molecule has 1 aromatic heterocycles. The van der Waals surface area contributed by atoms with Crippen LogP contribution in [-0.2, 0) is 31.5 Å². The fourth-order valence-corrected chi connectivity index (χ4v) is 4.57. The van der Waals surface area contributed by atoms with Crippen LogP contribution in [0.4, 0.5) is 0 Å². The van der Waals surface area contributed by atoms with Crippen LogP contribution in [0.5, 0.6) is 0 Å². The number of aryl methyl sites for hydroxylation is 2. The number of ether oxygens (including phenoxy) is 1. The van der Waals surface area contributed by atoms with Crippen LogP contribution in [0.3, 0.4) is 0 Å².